The average molecular weight is 528 g/mol. The molecule has 0 N–H and O–H groups in total. The fourth-order valence-corrected chi connectivity index (χ4v) is 3.26. The number of hydrogen-bond acceptors (Lipinski definition) is 5. The summed E-state index contributed by atoms with van der Waals surface area (Å²) in [6, 6.07) is 4.10. The lowest BCUT2D eigenvalue weighted by Crippen LogP contribution is -2.18. The van der Waals surface area contributed by atoms with Crippen LogP contribution in [0.4, 0.5) is 17.6 Å². The van der Waals surface area contributed by atoms with Gasteiger partial charge in [-0.05, 0) is 53.6 Å². The largest absolute Gasteiger partial charge is 0.459 e. The Bertz CT molecular complexity index is 890. The molecule has 0 aromatic heterocycles. The molecule has 0 amide bonds. The zero-order valence-electron chi connectivity index (χ0n) is 14.1. The fraction of sp³-hybridized carbons (Fsp3) is 0.278. The molecule has 10 heteroatoms. The van der Waals surface area contributed by atoms with Gasteiger partial charge in [0.1, 0.15) is 17.9 Å². The van der Waals surface area contributed by atoms with Crippen LogP contribution in [-0.4, -0.2) is 25.3 Å². The van der Waals surface area contributed by atoms with Crippen molar-refractivity contribution >= 4 is 41.2 Å². The quantitative estimate of drug-likeness (QED) is 0.189. The van der Waals surface area contributed by atoms with E-state index in [0.29, 0.717) is 10.2 Å². The molecule has 1 atom stereocenters. The van der Waals surface area contributed by atoms with Crippen molar-refractivity contribution in [2.45, 2.75) is 23.8 Å². The van der Waals surface area contributed by atoms with Crippen molar-refractivity contribution in [1.82, 2.24) is 0 Å². The molecule has 4 nitrogen and oxygen atoms in total. The summed E-state index contributed by atoms with van der Waals surface area (Å²) >= 11 is 5.30. The third-order valence-corrected chi connectivity index (χ3v) is 5.06. The van der Waals surface area contributed by atoms with Crippen molar-refractivity contribution in [3.63, 3.8) is 0 Å². The zero-order chi connectivity index (χ0) is 20.4. The molecule has 0 radical (unpaired) electrons. The maximum absolute atomic E-state index is 14.1. The first-order valence-corrected chi connectivity index (χ1v) is 9.63. The number of halogens is 5. The number of rotatable bonds is 5. The van der Waals surface area contributed by atoms with Crippen LogP contribution in [0.2, 0.25) is 0 Å². The Labute approximate surface area is 176 Å². The minimum Gasteiger partial charge on any atom is -0.459 e. The maximum Gasteiger partial charge on any atom is 0.342 e. The molecule has 3 rings (SSSR count). The summed E-state index contributed by atoms with van der Waals surface area (Å²) in [7, 11) is 0. The highest BCUT2D eigenvalue weighted by atomic mass is 127. The summed E-state index contributed by atoms with van der Waals surface area (Å²) in [6.45, 7) is 0.584. The standard InChI is InChI=1S/C18H13F4IO4S/c19-12-14(21)17(28)15(22)13(20)16(12)27-11-4-3-8(23)6-10(11)18(24)26-7-9-2-1-5-25-9/h3-4,6,9,28H,1-2,5,7H2. The van der Waals surface area contributed by atoms with E-state index >= 15 is 0 Å². The normalized spacial score (nSPS) is 16.3. The fourth-order valence-electron chi connectivity index (χ4n) is 2.57. The Hall–Kier alpha value is -1.53. The Morgan fingerprint density at radius 3 is 2.46 bits per heavy atom. The summed E-state index contributed by atoms with van der Waals surface area (Å²) in [5, 5.41) is 0. The van der Waals surface area contributed by atoms with Crippen LogP contribution in [0, 0.1) is 26.8 Å². The second-order valence-electron chi connectivity index (χ2n) is 5.91. The van der Waals surface area contributed by atoms with Crippen LogP contribution in [0.25, 0.3) is 0 Å². The van der Waals surface area contributed by atoms with E-state index in [0.717, 1.165) is 12.8 Å². The van der Waals surface area contributed by atoms with E-state index in [1.165, 1.54) is 18.2 Å². The van der Waals surface area contributed by atoms with E-state index in [9.17, 15) is 22.4 Å². The summed E-state index contributed by atoms with van der Waals surface area (Å²) in [5.74, 6) is -9.39. The van der Waals surface area contributed by atoms with Gasteiger partial charge in [-0.25, -0.2) is 13.6 Å². The molecule has 2 aromatic carbocycles. The van der Waals surface area contributed by atoms with Gasteiger partial charge >= 0.3 is 5.97 Å². The molecule has 2 aromatic rings. The van der Waals surface area contributed by atoms with Crippen LogP contribution >= 0.6 is 35.2 Å². The zero-order valence-corrected chi connectivity index (χ0v) is 17.2. The number of carbonyl (C=O) groups is 1. The monoisotopic (exact) mass is 528 g/mol. The average Bonchev–Trinajstić information content (AvgIpc) is 3.21. The van der Waals surface area contributed by atoms with Crippen molar-refractivity contribution in [3.8, 4) is 11.5 Å². The Kier molecular flexibility index (Phi) is 6.71. The molecule has 1 saturated heterocycles. The highest BCUT2D eigenvalue weighted by molar-refractivity contribution is 14.1. The molecule has 1 aliphatic rings. The van der Waals surface area contributed by atoms with Crippen molar-refractivity contribution < 1.29 is 36.6 Å². The van der Waals surface area contributed by atoms with Crippen LogP contribution in [0.1, 0.15) is 23.2 Å². The van der Waals surface area contributed by atoms with Gasteiger partial charge in [-0.3, -0.25) is 0 Å². The van der Waals surface area contributed by atoms with E-state index in [1.807, 2.05) is 22.6 Å². The van der Waals surface area contributed by atoms with E-state index in [2.05, 4.69) is 12.6 Å². The van der Waals surface area contributed by atoms with Gasteiger partial charge in [-0.15, -0.1) is 12.6 Å². The highest BCUT2D eigenvalue weighted by Gasteiger charge is 2.27. The SMILES string of the molecule is O=C(OCC1CCCO1)c1cc(I)ccc1Oc1c(F)c(F)c(S)c(F)c1F. The number of benzene rings is 2. The predicted octanol–water partition coefficient (Wildman–Crippen LogP) is 5.26. The van der Waals surface area contributed by atoms with E-state index in [-0.39, 0.29) is 24.0 Å². The second kappa shape index (κ2) is 8.87. The van der Waals surface area contributed by atoms with Gasteiger partial charge in [0, 0.05) is 10.2 Å². The summed E-state index contributed by atoms with van der Waals surface area (Å²) in [6.07, 6.45) is 1.38. The van der Waals surface area contributed by atoms with Gasteiger partial charge in [0.2, 0.25) is 17.4 Å². The minimum atomic E-state index is -1.76. The van der Waals surface area contributed by atoms with Gasteiger partial charge in [-0.1, -0.05) is 0 Å². The van der Waals surface area contributed by atoms with Crippen LogP contribution in [0.3, 0.4) is 0 Å². The molecule has 1 fully saturated rings. The van der Waals surface area contributed by atoms with Crippen LogP contribution in [0.15, 0.2) is 23.1 Å². The van der Waals surface area contributed by atoms with Crippen molar-refractivity contribution in [3.05, 3.63) is 50.6 Å². The van der Waals surface area contributed by atoms with Crippen LogP contribution in [0.5, 0.6) is 11.5 Å². The molecule has 150 valence electrons. The number of thiol groups is 1. The van der Waals surface area contributed by atoms with Crippen molar-refractivity contribution in [2.75, 3.05) is 13.2 Å². The first-order chi connectivity index (χ1) is 13.3. The molecule has 28 heavy (non-hydrogen) atoms. The van der Waals surface area contributed by atoms with E-state index in [4.69, 9.17) is 14.2 Å². The first kappa shape index (κ1) is 21.2. The first-order valence-electron chi connectivity index (χ1n) is 8.10. The number of esters is 1. The second-order valence-corrected chi connectivity index (χ2v) is 7.60. The van der Waals surface area contributed by atoms with Crippen LogP contribution < -0.4 is 4.74 Å². The predicted molar refractivity (Wildman–Crippen MR) is 102 cm³/mol. The molecular formula is C18H13F4IO4S. The van der Waals surface area contributed by atoms with E-state index in [1.54, 1.807) is 0 Å². The minimum absolute atomic E-state index is 0.00404. The lowest BCUT2D eigenvalue weighted by molar-refractivity contribution is 0.0159. The number of carbonyl (C=O) groups excluding carboxylic acids is 1. The van der Waals surface area contributed by atoms with Gasteiger partial charge in [-0.2, -0.15) is 8.78 Å². The van der Waals surface area contributed by atoms with Crippen molar-refractivity contribution in [2.24, 2.45) is 0 Å². The Morgan fingerprint density at radius 1 is 1.18 bits per heavy atom. The summed E-state index contributed by atoms with van der Waals surface area (Å²) in [4.78, 5) is 11.3. The van der Waals surface area contributed by atoms with Gasteiger partial charge in [0.15, 0.2) is 11.6 Å². The van der Waals surface area contributed by atoms with Gasteiger partial charge < -0.3 is 14.2 Å². The molecule has 0 saturated carbocycles. The molecular weight excluding hydrogens is 515 g/mol. The lowest BCUT2D eigenvalue weighted by Gasteiger charge is -2.15. The summed E-state index contributed by atoms with van der Waals surface area (Å²) in [5.41, 5.74) is -0.153. The van der Waals surface area contributed by atoms with E-state index < -0.39 is 39.9 Å². The lowest BCUT2D eigenvalue weighted by atomic mass is 10.2. The molecule has 0 aliphatic carbocycles. The third-order valence-electron chi connectivity index (χ3n) is 4.00. The Morgan fingerprint density at radius 2 is 1.86 bits per heavy atom. The Balaban J connectivity index is 1.90. The molecule has 1 aliphatic heterocycles. The van der Waals surface area contributed by atoms with Crippen LogP contribution in [-0.2, 0) is 9.47 Å². The number of hydrogen-bond donors (Lipinski definition) is 1. The summed E-state index contributed by atoms with van der Waals surface area (Å²) < 4.78 is 71.7. The molecule has 1 unspecified atom stereocenters. The smallest absolute Gasteiger partial charge is 0.342 e. The molecule has 1 heterocycles. The topological polar surface area (TPSA) is 44.8 Å². The number of ether oxygens (including phenoxy) is 3. The maximum atomic E-state index is 14.1. The molecule has 0 bridgehead atoms. The molecule has 0 spiro atoms. The van der Waals surface area contributed by atoms with Gasteiger partial charge in [0.05, 0.1) is 11.0 Å². The highest BCUT2D eigenvalue weighted by Crippen LogP contribution is 2.36. The third kappa shape index (κ3) is 4.38. The van der Waals surface area contributed by atoms with Crippen molar-refractivity contribution in [1.29, 1.82) is 0 Å². The van der Waals surface area contributed by atoms with Gasteiger partial charge in [0.25, 0.3) is 0 Å².